The number of terminal acetylenes is 1. The van der Waals surface area contributed by atoms with Crippen molar-refractivity contribution in [1.29, 1.82) is 0 Å². The normalized spacial score (nSPS) is 10.0. The molecule has 1 aromatic carbocycles. The first-order valence-electron chi connectivity index (χ1n) is 5.12. The second-order valence-electron chi connectivity index (χ2n) is 3.62. The molecule has 80 valence electrons. The van der Waals surface area contributed by atoms with Gasteiger partial charge in [-0.15, -0.1) is 6.42 Å². The van der Waals surface area contributed by atoms with Gasteiger partial charge >= 0.3 is 0 Å². The summed E-state index contributed by atoms with van der Waals surface area (Å²) in [7, 11) is 0. The molecule has 2 nitrogen and oxygen atoms in total. The fourth-order valence-electron chi connectivity index (χ4n) is 1.24. The molecule has 1 N–H and O–H groups in total. The molecule has 15 heavy (non-hydrogen) atoms. The highest BCUT2D eigenvalue weighted by atomic mass is 16.5. The van der Waals surface area contributed by atoms with Crippen molar-refractivity contribution in [2.45, 2.75) is 26.5 Å². The second-order valence-corrected chi connectivity index (χ2v) is 3.62. The van der Waals surface area contributed by atoms with Crippen LogP contribution < -0.4 is 10.1 Å². The Morgan fingerprint density at radius 2 is 2.00 bits per heavy atom. The van der Waals surface area contributed by atoms with Gasteiger partial charge in [0.05, 0.1) is 12.6 Å². The van der Waals surface area contributed by atoms with Crippen molar-refractivity contribution in [3.63, 3.8) is 0 Å². The van der Waals surface area contributed by atoms with Crippen molar-refractivity contribution >= 4 is 0 Å². The molecule has 0 radical (unpaired) electrons. The zero-order valence-corrected chi connectivity index (χ0v) is 9.29. The van der Waals surface area contributed by atoms with E-state index in [2.05, 4.69) is 11.2 Å². The fourth-order valence-corrected chi connectivity index (χ4v) is 1.24. The van der Waals surface area contributed by atoms with Crippen LogP contribution in [0.25, 0.3) is 0 Å². The van der Waals surface area contributed by atoms with E-state index in [1.165, 1.54) is 5.56 Å². The zero-order chi connectivity index (χ0) is 11.1. The van der Waals surface area contributed by atoms with Gasteiger partial charge < -0.3 is 10.1 Å². The minimum absolute atomic E-state index is 0.218. The van der Waals surface area contributed by atoms with Crippen LogP contribution in [0.2, 0.25) is 0 Å². The molecule has 0 amide bonds. The van der Waals surface area contributed by atoms with Crippen LogP contribution in [-0.4, -0.2) is 12.6 Å². The average molecular weight is 203 g/mol. The van der Waals surface area contributed by atoms with Crippen molar-refractivity contribution in [2.24, 2.45) is 0 Å². The van der Waals surface area contributed by atoms with Gasteiger partial charge in [0, 0.05) is 6.54 Å². The Hall–Kier alpha value is -1.46. The molecule has 0 aromatic heterocycles. The Bertz CT molecular complexity index is 321. The molecule has 0 aliphatic carbocycles. The van der Waals surface area contributed by atoms with Gasteiger partial charge in [-0.05, 0) is 31.5 Å². The Labute approximate surface area is 91.6 Å². The number of rotatable bonds is 5. The van der Waals surface area contributed by atoms with Crippen LogP contribution in [0.5, 0.6) is 5.75 Å². The van der Waals surface area contributed by atoms with Crippen molar-refractivity contribution in [3.05, 3.63) is 29.8 Å². The third-order valence-corrected chi connectivity index (χ3v) is 1.85. The number of benzene rings is 1. The summed E-state index contributed by atoms with van der Waals surface area (Å²) < 4.78 is 5.54. The summed E-state index contributed by atoms with van der Waals surface area (Å²) in [6.07, 6.45) is 5.36. The molecule has 0 fully saturated rings. The molecule has 0 aliphatic rings. The Kier molecular flexibility index (Phi) is 4.73. The van der Waals surface area contributed by atoms with Gasteiger partial charge in [-0.2, -0.15) is 0 Å². The van der Waals surface area contributed by atoms with Gasteiger partial charge in [0.25, 0.3) is 0 Å². The first-order valence-corrected chi connectivity index (χ1v) is 5.12. The van der Waals surface area contributed by atoms with Gasteiger partial charge in [-0.25, -0.2) is 0 Å². The lowest BCUT2D eigenvalue weighted by Gasteiger charge is -2.10. The average Bonchev–Trinajstić information content (AvgIpc) is 2.20. The Balaban J connectivity index is 2.46. The van der Waals surface area contributed by atoms with E-state index in [1.807, 2.05) is 38.1 Å². The number of nitrogens with one attached hydrogen (secondary N) is 1. The highest BCUT2D eigenvalue weighted by Gasteiger charge is 1.97. The Morgan fingerprint density at radius 3 is 2.53 bits per heavy atom. The molecule has 1 rings (SSSR count). The largest absolute Gasteiger partial charge is 0.491 e. The Morgan fingerprint density at radius 1 is 1.33 bits per heavy atom. The summed E-state index contributed by atoms with van der Waals surface area (Å²) >= 11 is 0. The van der Waals surface area contributed by atoms with E-state index in [0.29, 0.717) is 6.54 Å². The van der Waals surface area contributed by atoms with E-state index in [1.54, 1.807) is 0 Å². The molecule has 0 unspecified atom stereocenters. The SMILES string of the molecule is C#CCNCc1ccc(OC(C)C)cc1. The van der Waals surface area contributed by atoms with Crippen LogP contribution >= 0.6 is 0 Å². The standard InChI is InChI=1S/C13H17NO/c1-4-9-14-10-12-5-7-13(8-6-12)15-11(2)3/h1,5-8,11,14H,9-10H2,2-3H3. The quantitative estimate of drug-likeness (QED) is 0.585. The minimum atomic E-state index is 0.218. The lowest BCUT2D eigenvalue weighted by atomic mass is 10.2. The van der Waals surface area contributed by atoms with E-state index in [0.717, 1.165) is 12.3 Å². The smallest absolute Gasteiger partial charge is 0.119 e. The van der Waals surface area contributed by atoms with E-state index in [9.17, 15) is 0 Å². The molecule has 0 saturated heterocycles. The highest BCUT2D eigenvalue weighted by Crippen LogP contribution is 2.13. The van der Waals surface area contributed by atoms with Gasteiger partial charge in [-0.3, -0.25) is 0 Å². The zero-order valence-electron chi connectivity index (χ0n) is 9.29. The maximum Gasteiger partial charge on any atom is 0.119 e. The molecular formula is C13H17NO. The van der Waals surface area contributed by atoms with Crippen LogP contribution in [0, 0.1) is 12.3 Å². The third kappa shape index (κ3) is 4.53. The predicted octanol–water partition coefficient (Wildman–Crippen LogP) is 2.20. The van der Waals surface area contributed by atoms with E-state index >= 15 is 0 Å². The van der Waals surface area contributed by atoms with Crippen molar-refractivity contribution in [1.82, 2.24) is 5.32 Å². The van der Waals surface area contributed by atoms with Crippen molar-refractivity contribution in [3.8, 4) is 18.1 Å². The maximum atomic E-state index is 5.54. The summed E-state index contributed by atoms with van der Waals surface area (Å²) in [5.74, 6) is 3.45. The van der Waals surface area contributed by atoms with Gasteiger partial charge in [0.1, 0.15) is 5.75 Å². The first-order chi connectivity index (χ1) is 7.22. The molecule has 0 aliphatic heterocycles. The number of ether oxygens (including phenoxy) is 1. The van der Waals surface area contributed by atoms with Crippen LogP contribution in [0.15, 0.2) is 24.3 Å². The topological polar surface area (TPSA) is 21.3 Å². The third-order valence-electron chi connectivity index (χ3n) is 1.85. The van der Waals surface area contributed by atoms with Crippen LogP contribution in [0.1, 0.15) is 19.4 Å². The summed E-state index contributed by atoms with van der Waals surface area (Å²) in [6, 6.07) is 8.04. The monoisotopic (exact) mass is 203 g/mol. The van der Waals surface area contributed by atoms with Crippen LogP contribution in [0.4, 0.5) is 0 Å². The van der Waals surface area contributed by atoms with E-state index < -0.39 is 0 Å². The maximum absolute atomic E-state index is 5.54. The molecule has 2 heteroatoms. The van der Waals surface area contributed by atoms with E-state index in [-0.39, 0.29) is 6.10 Å². The number of hydrogen-bond acceptors (Lipinski definition) is 2. The summed E-state index contributed by atoms with van der Waals surface area (Å²) in [4.78, 5) is 0. The first kappa shape index (κ1) is 11.6. The second kappa shape index (κ2) is 6.10. The van der Waals surface area contributed by atoms with Crippen molar-refractivity contribution in [2.75, 3.05) is 6.54 Å². The van der Waals surface area contributed by atoms with Gasteiger partial charge in [-0.1, -0.05) is 18.1 Å². The lowest BCUT2D eigenvalue weighted by molar-refractivity contribution is 0.242. The summed E-state index contributed by atoms with van der Waals surface area (Å²) in [5, 5.41) is 3.13. The van der Waals surface area contributed by atoms with Crippen LogP contribution in [-0.2, 0) is 6.54 Å². The van der Waals surface area contributed by atoms with Crippen LogP contribution in [0.3, 0.4) is 0 Å². The lowest BCUT2D eigenvalue weighted by Crippen LogP contribution is -2.12. The fraction of sp³-hybridized carbons (Fsp3) is 0.385. The molecule has 0 atom stereocenters. The molecular weight excluding hydrogens is 186 g/mol. The minimum Gasteiger partial charge on any atom is -0.491 e. The molecule has 0 saturated carbocycles. The van der Waals surface area contributed by atoms with E-state index in [4.69, 9.17) is 11.2 Å². The highest BCUT2D eigenvalue weighted by molar-refractivity contribution is 5.27. The number of hydrogen-bond donors (Lipinski definition) is 1. The van der Waals surface area contributed by atoms with Gasteiger partial charge in [0.15, 0.2) is 0 Å². The molecule has 0 spiro atoms. The molecule has 0 heterocycles. The summed E-state index contributed by atoms with van der Waals surface area (Å²) in [6.45, 7) is 5.43. The van der Waals surface area contributed by atoms with Crippen molar-refractivity contribution < 1.29 is 4.74 Å². The molecule has 1 aromatic rings. The van der Waals surface area contributed by atoms with Gasteiger partial charge in [0.2, 0.25) is 0 Å². The molecule has 0 bridgehead atoms. The predicted molar refractivity (Wildman–Crippen MR) is 62.7 cm³/mol. The summed E-state index contributed by atoms with van der Waals surface area (Å²) in [5.41, 5.74) is 1.21.